The van der Waals surface area contributed by atoms with E-state index in [2.05, 4.69) is 10.3 Å². The van der Waals surface area contributed by atoms with Crippen LogP contribution in [0.4, 0.5) is 5.69 Å². The lowest BCUT2D eigenvalue weighted by Gasteiger charge is -2.12. The quantitative estimate of drug-likeness (QED) is 0.783. The van der Waals surface area contributed by atoms with E-state index in [0.29, 0.717) is 12.1 Å². The van der Waals surface area contributed by atoms with E-state index in [-0.39, 0.29) is 5.91 Å². The van der Waals surface area contributed by atoms with E-state index >= 15 is 0 Å². The molecule has 122 valence electrons. The maximum Gasteiger partial charge on any atom is 0.251 e. The number of anilines is 1. The topological polar surface area (TPSA) is 58.4 Å². The number of pyridine rings is 1. The average molecular weight is 321 g/mol. The van der Waals surface area contributed by atoms with Gasteiger partial charge in [-0.3, -0.25) is 9.78 Å². The van der Waals surface area contributed by atoms with Crippen molar-refractivity contribution in [3.05, 3.63) is 72.3 Å². The minimum atomic E-state index is -0.0979. The Labute approximate surface area is 140 Å². The number of nitrogens with zero attached hydrogens (tertiary/aromatic N) is 2. The number of furan rings is 1. The molecule has 0 spiro atoms. The Hall–Kier alpha value is -3.08. The first-order valence-electron chi connectivity index (χ1n) is 7.66. The molecule has 3 rings (SSSR count). The SMILES string of the molecule is CN(C)c1ccc(C(=O)NCc2ccc(-c3ccoc3)nc2)cc1. The summed E-state index contributed by atoms with van der Waals surface area (Å²) in [7, 11) is 3.94. The van der Waals surface area contributed by atoms with Crippen LogP contribution >= 0.6 is 0 Å². The zero-order valence-corrected chi connectivity index (χ0v) is 13.7. The largest absolute Gasteiger partial charge is 0.472 e. The van der Waals surface area contributed by atoms with E-state index in [1.807, 2.05) is 61.5 Å². The Bertz CT molecular complexity index is 792. The lowest BCUT2D eigenvalue weighted by Crippen LogP contribution is -2.22. The molecule has 2 aromatic heterocycles. The molecular weight excluding hydrogens is 302 g/mol. The molecule has 0 radical (unpaired) electrons. The monoisotopic (exact) mass is 321 g/mol. The number of amides is 1. The van der Waals surface area contributed by atoms with Gasteiger partial charge in [-0.25, -0.2) is 0 Å². The maximum atomic E-state index is 12.2. The Morgan fingerprint density at radius 3 is 2.50 bits per heavy atom. The summed E-state index contributed by atoms with van der Waals surface area (Å²) in [5.41, 5.74) is 4.43. The number of hydrogen-bond donors (Lipinski definition) is 1. The van der Waals surface area contributed by atoms with Crippen molar-refractivity contribution in [3.63, 3.8) is 0 Å². The van der Waals surface area contributed by atoms with Crippen molar-refractivity contribution in [1.82, 2.24) is 10.3 Å². The van der Waals surface area contributed by atoms with Crippen LogP contribution in [0.25, 0.3) is 11.3 Å². The molecule has 1 amide bonds. The molecule has 0 saturated heterocycles. The summed E-state index contributed by atoms with van der Waals surface area (Å²) in [4.78, 5) is 18.6. The summed E-state index contributed by atoms with van der Waals surface area (Å²) in [6.45, 7) is 0.437. The molecule has 5 heteroatoms. The summed E-state index contributed by atoms with van der Waals surface area (Å²) in [5.74, 6) is -0.0979. The van der Waals surface area contributed by atoms with Gasteiger partial charge in [0.05, 0.1) is 18.2 Å². The van der Waals surface area contributed by atoms with Gasteiger partial charge in [0.2, 0.25) is 0 Å². The molecule has 0 bridgehead atoms. The Kier molecular flexibility index (Phi) is 4.61. The molecule has 3 aromatic rings. The Morgan fingerprint density at radius 2 is 1.92 bits per heavy atom. The van der Waals surface area contributed by atoms with Gasteiger partial charge in [-0.15, -0.1) is 0 Å². The van der Waals surface area contributed by atoms with Gasteiger partial charge in [0.15, 0.2) is 0 Å². The van der Waals surface area contributed by atoms with Crippen LogP contribution in [-0.2, 0) is 6.54 Å². The number of hydrogen-bond acceptors (Lipinski definition) is 4. The fraction of sp³-hybridized carbons (Fsp3) is 0.158. The Morgan fingerprint density at radius 1 is 1.12 bits per heavy atom. The third-order valence-corrected chi connectivity index (χ3v) is 3.74. The van der Waals surface area contributed by atoms with Gasteiger partial charge in [0, 0.05) is 43.7 Å². The standard InChI is InChI=1S/C19H19N3O2/c1-22(2)17-6-4-15(5-7-17)19(23)21-12-14-3-8-18(20-11-14)16-9-10-24-13-16/h3-11,13H,12H2,1-2H3,(H,21,23). The van der Waals surface area contributed by atoms with Crippen LogP contribution in [0.1, 0.15) is 15.9 Å². The summed E-state index contributed by atoms with van der Waals surface area (Å²) in [6, 6.07) is 13.2. The van der Waals surface area contributed by atoms with Crippen LogP contribution in [0, 0.1) is 0 Å². The van der Waals surface area contributed by atoms with Gasteiger partial charge in [0.1, 0.15) is 0 Å². The van der Waals surface area contributed by atoms with Crippen molar-refractivity contribution in [2.45, 2.75) is 6.54 Å². The molecule has 0 fully saturated rings. The molecule has 24 heavy (non-hydrogen) atoms. The molecule has 1 aromatic carbocycles. The van der Waals surface area contributed by atoms with Crippen LogP contribution in [0.3, 0.4) is 0 Å². The molecular formula is C19H19N3O2. The molecule has 0 atom stereocenters. The van der Waals surface area contributed by atoms with Crippen molar-refractivity contribution >= 4 is 11.6 Å². The van der Waals surface area contributed by atoms with E-state index < -0.39 is 0 Å². The normalized spacial score (nSPS) is 10.4. The zero-order valence-electron chi connectivity index (χ0n) is 13.7. The zero-order chi connectivity index (χ0) is 16.9. The van der Waals surface area contributed by atoms with E-state index in [0.717, 1.165) is 22.5 Å². The van der Waals surface area contributed by atoms with Crippen LogP contribution in [0.5, 0.6) is 0 Å². The Balaban J connectivity index is 1.59. The van der Waals surface area contributed by atoms with Gasteiger partial charge in [-0.2, -0.15) is 0 Å². The van der Waals surface area contributed by atoms with E-state index in [1.54, 1.807) is 18.7 Å². The summed E-state index contributed by atoms with van der Waals surface area (Å²) < 4.78 is 5.05. The minimum Gasteiger partial charge on any atom is -0.472 e. The highest BCUT2D eigenvalue weighted by molar-refractivity contribution is 5.94. The van der Waals surface area contributed by atoms with Crippen molar-refractivity contribution < 1.29 is 9.21 Å². The van der Waals surface area contributed by atoms with Crippen molar-refractivity contribution in [3.8, 4) is 11.3 Å². The molecule has 0 aliphatic carbocycles. The van der Waals surface area contributed by atoms with Crippen LogP contribution < -0.4 is 10.2 Å². The highest BCUT2D eigenvalue weighted by atomic mass is 16.3. The first-order chi connectivity index (χ1) is 11.6. The predicted molar refractivity (Wildman–Crippen MR) is 93.9 cm³/mol. The molecule has 5 nitrogen and oxygen atoms in total. The molecule has 0 unspecified atom stereocenters. The van der Waals surface area contributed by atoms with Crippen LogP contribution in [-0.4, -0.2) is 25.0 Å². The number of aromatic nitrogens is 1. The van der Waals surface area contributed by atoms with Crippen molar-refractivity contribution in [2.24, 2.45) is 0 Å². The third kappa shape index (κ3) is 3.63. The third-order valence-electron chi connectivity index (χ3n) is 3.74. The second kappa shape index (κ2) is 7.00. The maximum absolute atomic E-state index is 12.2. The van der Waals surface area contributed by atoms with Gasteiger partial charge in [-0.1, -0.05) is 6.07 Å². The number of benzene rings is 1. The van der Waals surface area contributed by atoms with Crippen molar-refractivity contribution in [2.75, 3.05) is 19.0 Å². The van der Waals surface area contributed by atoms with Crippen molar-refractivity contribution in [1.29, 1.82) is 0 Å². The second-order valence-electron chi connectivity index (χ2n) is 5.69. The number of nitrogens with one attached hydrogen (secondary N) is 1. The highest BCUT2D eigenvalue weighted by Crippen LogP contribution is 2.17. The van der Waals surface area contributed by atoms with Gasteiger partial charge in [-0.05, 0) is 42.0 Å². The second-order valence-corrected chi connectivity index (χ2v) is 5.69. The van der Waals surface area contributed by atoms with Gasteiger partial charge >= 0.3 is 0 Å². The fourth-order valence-corrected chi connectivity index (χ4v) is 2.31. The van der Waals surface area contributed by atoms with Crippen LogP contribution in [0.15, 0.2) is 65.6 Å². The number of rotatable bonds is 5. The molecule has 1 N–H and O–H groups in total. The smallest absolute Gasteiger partial charge is 0.251 e. The number of carbonyl (C=O) groups excluding carboxylic acids is 1. The van der Waals surface area contributed by atoms with Gasteiger partial charge in [0.25, 0.3) is 5.91 Å². The van der Waals surface area contributed by atoms with Gasteiger partial charge < -0.3 is 14.6 Å². The molecule has 0 saturated carbocycles. The molecule has 0 aliphatic rings. The highest BCUT2D eigenvalue weighted by Gasteiger charge is 2.06. The predicted octanol–water partition coefficient (Wildman–Crippen LogP) is 3.34. The summed E-state index contributed by atoms with van der Waals surface area (Å²) in [6.07, 6.45) is 5.03. The fourth-order valence-electron chi connectivity index (χ4n) is 2.31. The lowest BCUT2D eigenvalue weighted by atomic mass is 10.1. The van der Waals surface area contributed by atoms with Crippen LogP contribution in [0.2, 0.25) is 0 Å². The number of carbonyl (C=O) groups is 1. The summed E-state index contributed by atoms with van der Waals surface area (Å²) >= 11 is 0. The van der Waals surface area contributed by atoms with E-state index in [4.69, 9.17) is 4.42 Å². The summed E-state index contributed by atoms with van der Waals surface area (Å²) in [5, 5.41) is 2.91. The molecule has 0 aliphatic heterocycles. The van der Waals surface area contributed by atoms with E-state index in [1.165, 1.54) is 0 Å². The van der Waals surface area contributed by atoms with E-state index in [9.17, 15) is 4.79 Å². The first kappa shape index (κ1) is 15.8. The first-order valence-corrected chi connectivity index (χ1v) is 7.66. The molecule has 2 heterocycles. The lowest BCUT2D eigenvalue weighted by molar-refractivity contribution is 0.0951. The average Bonchev–Trinajstić information content (AvgIpc) is 3.15. The minimum absolute atomic E-state index is 0.0979.